The van der Waals surface area contributed by atoms with Crippen molar-refractivity contribution in [2.75, 3.05) is 26.2 Å². The molecule has 7 nitrogen and oxygen atoms in total. The van der Waals surface area contributed by atoms with Crippen LogP contribution in [0.2, 0.25) is 5.02 Å². The van der Waals surface area contributed by atoms with Crippen molar-refractivity contribution in [3.8, 4) is 0 Å². The van der Waals surface area contributed by atoms with Crippen molar-refractivity contribution in [1.82, 2.24) is 9.21 Å². The first-order chi connectivity index (χ1) is 13.3. The molecule has 2 aromatic carbocycles. The first-order valence-corrected chi connectivity index (χ1v) is 10.8. The highest BCUT2D eigenvalue weighted by molar-refractivity contribution is 7.89. The molecule has 1 saturated heterocycles. The van der Waals surface area contributed by atoms with Crippen LogP contribution in [-0.2, 0) is 16.6 Å². The lowest BCUT2D eigenvalue weighted by molar-refractivity contribution is -0.385. The van der Waals surface area contributed by atoms with E-state index in [0.717, 1.165) is 19.2 Å². The van der Waals surface area contributed by atoms with E-state index in [-0.39, 0.29) is 21.2 Å². The molecule has 0 amide bonds. The average Bonchev–Trinajstić information content (AvgIpc) is 2.90. The summed E-state index contributed by atoms with van der Waals surface area (Å²) in [4.78, 5) is 12.7. The number of nitrogens with zero attached hydrogens (tertiary/aromatic N) is 3. The summed E-state index contributed by atoms with van der Waals surface area (Å²) in [6.45, 7) is 4.34. The summed E-state index contributed by atoms with van der Waals surface area (Å²) in [5.74, 6) is 0. The second-order valence-electron chi connectivity index (χ2n) is 6.83. The van der Waals surface area contributed by atoms with Crippen LogP contribution in [0.4, 0.5) is 5.69 Å². The molecule has 0 saturated carbocycles. The first kappa shape index (κ1) is 20.7. The van der Waals surface area contributed by atoms with E-state index in [1.807, 2.05) is 30.3 Å². The third-order valence-corrected chi connectivity index (χ3v) is 7.19. The Labute approximate surface area is 169 Å². The molecular weight excluding hydrogens is 402 g/mol. The van der Waals surface area contributed by atoms with Gasteiger partial charge in [-0.05, 0) is 31.5 Å². The molecule has 150 valence electrons. The van der Waals surface area contributed by atoms with E-state index in [4.69, 9.17) is 11.6 Å². The molecule has 0 unspecified atom stereocenters. The van der Waals surface area contributed by atoms with E-state index >= 15 is 0 Å². The van der Waals surface area contributed by atoms with Crippen LogP contribution in [0.15, 0.2) is 47.4 Å². The standard InChI is InChI=1S/C19H22ClN3O4S/c1-15-18(20)12-17(13-19(15)23(24)25)28(26,27)22-9-5-8-21(10-11-22)14-16-6-3-2-4-7-16/h2-4,6-7,12-13H,5,8-11,14H2,1H3. The molecule has 0 aromatic heterocycles. The third kappa shape index (κ3) is 4.52. The van der Waals surface area contributed by atoms with Gasteiger partial charge >= 0.3 is 0 Å². The number of hydrogen-bond donors (Lipinski definition) is 0. The monoisotopic (exact) mass is 423 g/mol. The van der Waals surface area contributed by atoms with Crippen molar-refractivity contribution in [2.45, 2.75) is 24.8 Å². The van der Waals surface area contributed by atoms with Gasteiger partial charge in [-0.2, -0.15) is 4.31 Å². The third-order valence-electron chi connectivity index (χ3n) is 4.92. The molecule has 2 aromatic rings. The minimum absolute atomic E-state index is 0.0771. The molecule has 0 bridgehead atoms. The highest BCUT2D eigenvalue weighted by Gasteiger charge is 2.29. The van der Waals surface area contributed by atoms with Crippen LogP contribution in [0, 0.1) is 17.0 Å². The second-order valence-corrected chi connectivity index (χ2v) is 9.17. The topological polar surface area (TPSA) is 83.8 Å². The summed E-state index contributed by atoms with van der Waals surface area (Å²) >= 11 is 6.06. The fourth-order valence-electron chi connectivity index (χ4n) is 3.32. The van der Waals surface area contributed by atoms with Crippen molar-refractivity contribution in [3.05, 3.63) is 68.7 Å². The van der Waals surface area contributed by atoms with Crippen molar-refractivity contribution < 1.29 is 13.3 Å². The van der Waals surface area contributed by atoms with E-state index < -0.39 is 14.9 Å². The average molecular weight is 424 g/mol. The van der Waals surface area contributed by atoms with Gasteiger partial charge in [0.05, 0.1) is 14.8 Å². The normalized spacial score (nSPS) is 16.6. The molecule has 28 heavy (non-hydrogen) atoms. The molecular formula is C19H22ClN3O4S. The van der Waals surface area contributed by atoms with Gasteiger partial charge in [-0.1, -0.05) is 41.9 Å². The molecule has 0 atom stereocenters. The molecule has 0 radical (unpaired) electrons. The molecule has 1 aliphatic heterocycles. The molecule has 0 spiro atoms. The number of nitro groups is 1. The lowest BCUT2D eigenvalue weighted by Crippen LogP contribution is -2.35. The Morgan fingerprint density at radius 2 is 1.82 bits per heavy atom. The van der Waals surface area contributed by atoms with Crippen LogP contribution in [0.3, 0.4) is 0 Å². The van der Waals surface area contributed by atoms with Crippen molar-refractivity contribution in [1.29, 1.82) is 0 Å². The summed E-state index contributed by atoms with van der Waals surface area (Å²) in [5.41, 5.74) is 1.15. The van der Waals surface area contributed by atoms with Gasteiger partial charge in [0, 0.05) is 37.8 Å². The molecule has 0 N–H and O–H groups in total. The van der Waals surface area contributed by atoms with Crippen LogP contribution in [0.25, 0.3) is 0 Å². The molecule has 9 heteroatoms. The van der Waals surface area contributed by atoms with Crippen LogP contribution < -0.4 is 0 Å². The maximum Gasteiger partial charge on any atom is 0.275 e. The van der Waals surface area contributed by atoms with Gasteiger partial charge in [0.15, 0.2) is 0 Å². The van der Waals surface area contributed by atoms with Gasteiger partial charge in [0.1, 0.15) is 0 Å². The summed E-state index contributed by atoms with van der Waals surface area (Å²) < 4.78 is 27.5. The van der Waals surface area contributed by atoms with Crippen LogP contribution >= 0.6 is 11.6 Å². The van der Waals surface area contributed by atoms with E-state index in [2.05, 4.69) is 4.90 Å². The maximum absolute atomic E-state index is 13.1. The summed E-state index contributed by atoms with van der Waals surface area (Å²) in [6.07, 6.45) is 0.688. The predicted molar refractivity (Wildman–Crippen MR) is 108 cm³/mol. The fourth-order valence-corrected chi connectivity index (χ4v) is 5.11. The van der Waals surface area contributed by atoms with Gasteiger partial charge in [0.2, 0.25) is 10.0 Å². The zero-order valence-corrected chi connectivity index (χ0v) is 17.1. The largest absolute Gasteiger partial charge is 0.298 e. The number of hydrogen-bond acceptors (Lipinski definition) is 5. The Bertz CT molecular complexity index is 967. The van der Waals surface area contributed by atoms with Crippen LogP contribution in [0.1, 0.15) is 17.5 Å². The van der Waals surface area contributed by atoms with Gasteiger partial charge in [-0.15, -0.1) is 0 Å². The highest BCUT2D eigenvalue weighted by Crippen LogP contribution is 2.31. The van der Waals surface area contributed by atoms with Gasteiger partial charge in [0.25, 0.3) is 5.69 Å². The number of benzene rings is 2. The Balaban J connectivity index is 1.78. The van der Waals surface area contributed by atoms with E-state index in [9.17, 15) is 18.5 Å². The molecule has 3 rings (SSSR count). The minimum Gasteiger partial charge on any atom is -0.298 e. The fraction of sp³-hybridized carbons (Fsp3) is 0.368. The molecule has 1 fully saturated rings. The van der Waals surface area contributed by atoms with Gasteiger partial charge in [-0.25, -0.2) is 8.42 Å². The molecule has 0 aliphatic carbocycles. The van der Waals surface area contributed by atoms with Gasteiger partial charge < -0.3 is 0 Å². The summed E-state index contributed by atoms with van der Waals surface area (Å²) in [5, 5.41) is 11.3. The zero-order valence-electron chi connectivity index (χ0n) is 15.5. The number of halogens is 1. The number of nitro benzene ring substituents is 1. The van der Waals surface area contributed by atoms with E-state index in [1.165, 1.54) is 22.9 Å². The second kappa shape index (κ2) is 8.57. The first-order valence-electron chi connectivity index (χ1n) is 9.00. The summed E-state index contributed by atoms with van der Waals surface area (Å²) in [6, 6.07) is 12.4. The Kier molecular flexibility index (Phi) is 6.34. The number of sulfonamides is 1. The molecule has 1 aliphatic rings. The van der Waals surface area contributed by atoms with E-state index in [1.54, 1.807) is 0 Å². The van der Waals surface area contributed by atoms with Crippen LogP contribution in [0.5, 0.6) is 0 Å². The smallest absolute Gasteiger partial charge is 0.275 e. The summed E-state index contributed by atoms with van der Waals surface area (Å²) in [7, 11) is -3.86. The van der Waals surface area contributed by atoms with Crippen molar-refractivity contribution in [3.63, 3.8) is 0 Å². The maximum atomic E-state index is 13.1. The highest BCUT2D eigenvalue weighted by atomic mass is 35.5. The predicted octanol–water partition coefficient (Wildman–Crippen LogP) is 3.45. The Morgan fingerprint density at radius 3 is 2.50 bits per heavy atom. The lowest BCUT2D eigenvalue weighted by atomic mass is 10.2. The lowest BCUT2D eigenvalue weighted by Gasteiger charge is -2.22. The molecule has 1 heterocycles. The van der Waals surface area contributed by atoms with Crippen molar-refractivity contribution >= 4 is 27.3 Å². The van der Waals surface area contributed by atoms with Gasteiger partial charge in [-0.3, -0.25) is 15.0 Å². The number of rotatable bonds is 5. The van der Waals surface area contributed by atoms with E-state index in [0.29, 0.717) is 26.1 Å². The Morgan fingerprint density at radius 1 is 1.11 bits per heavy atom. The van der Waals surface area contributed by atoms with Crippen LogP contribution in [-0.4, -0.2) is 48.7 Å². The minimum atomic E-state index is -3.86. The Hall–Kier alpha value is -2.00. The van der Waals surface area contributed by atoms with Crippen molar-refractivity contribution in [2.24, 2.45) is 0 Å². The quantitative estimate of drug-likeness (QED) is 0.543. The zero-order chi connectivity index (χ0) is 20.3. The SMILES string of the molecule is Cc1c(Cl)cc(S(=O)(=O)N2CCCN(Cc3ccccc3)CC2)cc1[N+](=O)[O-].